The summed E-state index contributed by atoms with van der Waals surface area (Å²) in [5.74, 6) is -0.845. The van der Waals surface area contributed by atoms with E-state index in [9.17, 15) is 22.4 Å². The maximum absolute atomic E-state index is 12.7. The molecule has 114 valence electrons. The minimum absolute atomic E-state index is 0.206. The largest absolute Gasteiger partial charge is 0.416 e. The second-order valence-corrected chi connectivity index (χ2v) is 4.43. The Bertz CT molecular complexity index is 690. The van der Waals surface area contributed by atoms with Gasteiger partial charge in [0.05, 0.1) is 5.56 Å². The van der Waals surface area contributed by atoms with E-state index >= 15 is 0 Å². The van der Waals surface area contributed by atoms with Gasteiger partial charge in [0.1, 0.15) is 5.82 Å². The smallest absolute Gasteiger partial charge is 0.362 e. The number of hydrogen-bond donors (Lipinski definition) is 1. The molecule has 2 rings (SSSR count). The summed E-state index contributed by atoms with van der Waals surface area (Å²) in [5, 5.41) is 2.59. The molecule has 0 spiro atoms. The molecule has 0 unspecified atom stereocenters. The highest BCUT2D eigenvalue weighted by atomic mass is 19.4. The molecule has 22 heavy (non-hydrogen) atoms. The van der Waals surface area contributed by atoms with Gasteiger partial charge in [-0.2, -0.15) is 13.2 Å². The molecule has 0 amide bonds. The topological polar surface area (TPSA) is 29.1 Å². The van der Waals surface area contributed by atoms with E-state index in [0.717, 1.165) is 30.3 Å². The number of rotatable bonds is 4. The minimum Gasteiger partial charge on any atom is -0.362 e. The van der Waals surface area contributed by atoms with Crippen LogP contribution in [0.15, 0.2) is 60.8 Å². The van der Waals surface area contributed by atoms with Gasteiger partial charge in [-0.25, -0.2) is 4.39 Å². The third kappa shape index (κ3) is 4.18. The Morgan fingerprint density at radius 2 is 1.73 bits per heavy atom. The van der Waals surface area contributed by atoms with Crippen LogP contribution in [-0.4, -0.2) is 5.78 Å². The van der Waals surface area contributed by atoms with Gasteiger partial charge in [0.2, 0.25) is 0 Å². The van der Waals surface area contributed by atoms with Crippen molar-refractivity contribution in [3.8, 4) is 0 Å². The number of nitrogens with one attached hydrogen (secondary N) is 1. The lowest BCUT2D eigenvalue weighted by atomic mass is 10.1. The number of carbonyl (C=O) groups excluding carboxylic acids is 1. The van der Waals surface area contributed by atoms with Gasteiger partial charge in [-0.1, -0.05) is 6.07 Å². The van der Waals surface area contributed by atoms with Crippen molar-refractivity contribution in [2.75, 3.05) is 5.32 Å². The van der Waals surface area contributed by atoms with Gasteiger partial charge in [-0.05, 0) is 42.5 Å². The lowest BCUT2D eigenvalue weighted by molar-refractivity contribution is -0.137. The number of benzene rings is 2. The van der Waals surface area contributed by atoms with E-state index in [2.05, 4.69) is 5.32 Å². The summed E-state index contributed by atoms with van der Waals surface area (Å²) in [6, 6.07) is 9.56. The van der Waals surface area contributed by atoms with Crippen molar-refractivity contribution in [2.24, 2.45) is 0 Å². The van der Waals surface area contributed by atoms with Gasteiger partial charge >= 0.3 is 6.18 Å². The molecule has 0 bridgehead atoms. The molecule has 0 aliphatic heterocycles. The quantitative estimate of drug-likeness (QED) is 0.506. The first-order valence-electron chi connectivity index (χ1n) is 6.26. The van der Waals surface area contributed by atoms with Crippen LogP contribution in [0.2, 0.25) is 0 Å². The second kappa shape index (κ2) is 6.43. The van der Waals surface area contributed by atoms with E-state index in [1.807, 2.05) is 0 Å². The molecule has 0 aromatic heterocycles. The van der Waals surface area contributed by atoms with Crippen LogP contribution in [0.5, 0.6) is 0 Å². The summed E-state index contributed by atoms with van der Waals surface area (Å²) in [6.45, 7) is 0. The molecule has 0 heterocycles. The van der Waals surface area contributed by atoms with E-state index in [1.165, 1.54) is 30.5 Å². The lowest BCUT2D eigenvalue weighted by Gasteiger charge is -2.08. The number of halogens is 4. The van der Waals surface area contributed by atoms with Crippen LogP contribution < -0.4 is 5.32 Å². The summed E-state index contributed by atoms with van der Waals surface area (Å²) < 4.78 is 50.3. The monoisotopic (exact) mass is 309 g/mol. The minimum atomic E-state index is -4.43. The summed E-state index contributed by atoms with van der Waals surface area (Å²) in [4.78, 5) is 11.7. The first-order valence-corrected chi connectivity index (χ1v) is 6.26. The normalized spacial score (nSPS) is 11.6. The average molecular weight is 309 g/mol. The Hall–Kier alpha value is -2.63. The molecule has 2 aromatic carbocycles. The number of allylic oxidation sites excluding steroid dienone is 1. The van der Waals surface area contributed by atoms with Crippen molar-refractivity contribution in [3.63, 3.8) is 0 Å². The molecular formula is C16H11F4NO. The van der Waals surface area contributed by atoms with Crippen LogP contribution in [0, 0.1) is 5.82 Å². The van der Waals surface area contributed by atoms with Gasteiger partial charge in [0.25, 0.3) is 0 Å². The van der Waals surface area contributed by atoms with Crippen LogP contribution in [-0.2, 0) is 6.18 Å². The van der Waals surface area contributed by atoms with Crippen molar-refractivity contribution in [1.82, 2.24) is 0 Å². The number of carbonyl (C=O) groups is 1. The zero-order valence-corrected chi connectivity index (χ0v) is 11.2. The van der Waals surface area contributed by atoms with Crippen LogP contribution >= 0.6 is 0 Å². The van der Waals surface area contributed by atoms with E-state index in [-0.39, 0.29) is 17.0 Å². The van der Waals surface area contributed by atoms with Crippen molar-refractivity contribution >= 4 is 11.5 Å². The first kappa shape index (κ1) is 15.8. The van der Waals surface area contributed by atoms with Crippen molar-refractivity contribution in [1.29, 1.82) is 0 Å². The van der Waals surface area contributed by atoms with Crippen molar-refractivity contribution < 1.29 is 22.4 Å². The van der Waals surface area contributed by atoms with Gasteiger partial charge in [0.15, 0.2) is 5.78 Å². The van der Waals surface area contributed by atoms with E-state index in [4.69, 9.17) is 0 Å². The molecule has 2 aromatic rings. The summed E-state index contributed by atoms with van der Waals surface area (Å²) >= 11 is 0. The predicted molar refractivity (Wildman–Crippen MR) is 74.9 cm³/mol. The van der Waals surface area contributed by atoms with Crippen molar-refractivity contribution in [3.05, 3.63) is 77.8 Å². The molecule has 0 fully saturated rings. The van der Waals surface area contributed by atoms with Crippen LogP contribution in [0.3, 0.4) is 0 Å². The Morgan fingerprint density at radius 1 is 1.05 bits per heavy atom. The summed E-state index contributed by atoms with van der Waals surface area (Å²) in [5.41, 5.74) is -0.294. The average Bonchev–Trinajstić information content (AvgIpc) is 2.47. The Kier molecular flexibility index (Phi) is 4.60. The Balaban J connectivity index is 2.03. The zero-order chi connectivity index (χ0) is 16.2. The molecule has 0 aliphatic carbocycles. The summed E-state index contributed by atoms with van der Waals surface area (Å²) in [7, 11) is 0. The summed E-state index contributed by atoms with van der Waals surface area (Å²) in [6.07, 6.45) is -2.03. The fraction of sp³-hybridized carbons (Fsp3) is 0.0625. The highest BCUT2D eigenvalue weighted by Gasteiger charge is 2.30. The molecule has 0 aliphatic rings. The van der Waals surface area contributed by atoms with Crippen LogP contribution in [0.4, 0.5) is 23.2 Å². The fourth-order valence-corrected chi connectivity index (χ4v) is 1.71. The molecule has 0 saturated carbocycles. The van der Waals surface area contributed by atoms with Gasteiger partial charge in [-0.15, -0.1) is 0 Å². The first-order chi connectivity index (χ1) is 10.4. The molecule has 0 atom stereocenters. The van der Waals surface area contributed by atoms with E-state index < -0.39 is 17.6 Å². The number of hydrogen-bond acceptors (Lipinski definition) is 2. The van der Waals surface area contributed by atoms with E-state index in [1.54, 1.807) is 0 Å². The van der Waals surface area contributed by atoms with Gasteiger partial charge in [-0.3, -0.25) is 4.79 Å². The number of anilines is 1. The SMILES string of the molecule is O=C(/C=C/Nc1cccc(C(F)(F)F)c1)c1ccc(F)cc1. The highest BCUT2D eigenvalue weighted by molar-refractivity contribution is 6.04. The molecule has 6 heteroatoms. The molecular weight excluding hydrogens is 298 g/mol. The Labute approximate surface area is 124 Å². The second-order valence-electron chi connectivity index (χ2n) is 4.43. The predicted octanol–water partition coefficient (Wildman–Crippen LogP) is 4.65. The van der Waals surface area contributed by atoms with Crippen molar-refractivity contribution in [2.45, 2.75) is 6.18 Å². The van der Waals surface area contributed by atoms with E-state index in [0.29, 0.717) is 0 Å². The van der Waals surface area contributed by atoms with Gasteiger partial charge < -0.3 is 5.32 Å². The highest BCUT2D eigenvalue weighted by Crippen LogP contribution is 2.30. The zero-order valence-electron chi connectivity index (χ0n) is 11.2. The maximum Gasteiger partial charge on any atom is 0.416 e. The lowest BCUT2D eigenvalue weighted by Crippen LogP contribution is -2.05. The number of alkyl halides is 3. The molecule has 0 saturated heterocycles. The number of ketones is 1. The third-order valence-electron chi connectivity index (χ3n) is 2.80. The van der Waals surface area contributed by atoms with Crippen LogP contribution in [0.25, 0.3) is 0 Å². The maximum atomic E-state index is 12.7. The molecule has 2 nitrogen and oxygen atoms in total. The van der Waals surface area contributed by atoms with Gasteiger partial charge in [0, 0.05) is 23.5 Å². The molecule has 0 radical (unpaired) electrons. The standard InChI is InChI=1S/C16H11F4NO/c17-13-6-4-11(5-7-13)15(22)8-9-21-14-3-1-2-12(10-14)16(18,19)20/h1-10,21H/b9-8+. The third-order valence-corrected chi connectivity index (χ3v) is 2.80. The Morgan fingerprint density at radius 3 is 2.36 bits per heavy atom. The fourth-order valence-electron chi connectivity index (χ4n) is 1.71. The molecule has 1 N–H and O–H groups in total. The van der Waals surface area contributed by atoms with Crippen LogP contribution in [0.1, 0.15) is 15.9 Å².